The number of carbonyl (C=O) groups is 1. The molecule has 0 aromatic rings. The second-order valence-electron chi connectivity index (χ2n) is 4.32. The standard InChI is InChI=1S/C10H19NO2/c1-5-9(12)11-6-8(2)13-10(3,4)7-11/h8H,5-7H2,1-4H3. The minimum atomic E-state index is -0.192. The van der Waals surface area contributed by atoms with Gasteiger partial charge >= 0.3 is 0 Å². The van der Waals surface area contributed by atoms with Crippen molar-refractivity contribution in [3.63, 3.8) is 0 Å². The highest BCUT2D eigenvalue weighted by atomic mass is 16.5. The first-order valence-corrected chi connectivity index (χ1v) is 4.90. The molecule has 0 saturated carbocycles. The van der Waals surface area contributed by atoms with Crippen molar-refractivity contribution >= 4 is 5.91 Å². The molecule has 1 saturated heterocycles. The molecule has 13 heavy (non-hydrogen) atoms. The van der Waals surface area contributed by atoms with Crippen LogP contribution in [0.2, 0.25) is 0 Å². The van der Waals surface area contributed by atoms with E-state index in [1.54, 1.807) is 0 Å². The quantitative estimate of drug-likeness (QED) is 0.618. The lowest BCUT2D eigenvalue weighted by molar-refractivity contribution is -0.157. The number of nitrogens with zero attached hydrogens (tertiary/aromatic N) is 1. The number of carbonyl (C=O) groups excluding carboxylic acids is 1. The van der Waals surface area contributed by atoms with Gasteiger partial charge < -0.3 is 9.64 Å². The van der Waals surface area contributed by atoms with Crippen molar-refractivity contribution in [2.75, 3.05) is 13.1 Å². The minimum Gasteiger partial charge on any atom is -0.369 e. The van der Waals surface area contributed by atoms with Gasteiger partial charge in [-0.05, 0) is 20.8 Å². The molecule has 0 aliphatic carbocycles. The molecule has 1 aliphatic rings. The van der Waals surface area contributed by atoms with Crippen molar-refractivity contribution in [1.29, 1.82) is 0 Å². The van der Waals surface area contributed by atoms with Crippen molar-refractivity contribution in [2.24, 2.45) is 0 Å². The maximum atomic E-state index is 11.5. The molecule has 1 heterocycles. The zero-order chi connectivity index (χ0) is 10.1. The third kappa shape index (κ3) is 2.69. The monoisotopic (exact) mass is 185 g/mol. The third-order valence-electron chi connectivity index (χ3n) is 2.22. The van der Waals surface area contributed by atoms with Crippen LogP contribution in [0.4, 0.5) is 0 Å². The summed E-state index contributed by atoms with van der Waals surface area (Å²) in [6.07, 6.45) is 0.738. The van der Waals surface area contributed by atoms with Gasteiger partial charge in [-0.1, -0.05) is 6.92 Å². The molecular formula is C10H19NO2. The van der Waals surface area contributed by atoms with Crippen LogP contribution in [-0.2, 0) is 9.53 Å². The molecule has 1 aliphatic heterocycles. The molecular weight excluding hydrogens is 166 g/mol. The average molecular weight is 185 g/mol. The molecule has 1 rings (SSSR count). The first kappa shape index (κ1) is 10.5. The van der Waals surface area contributed by atoms with Crippen LogP contribution in [0.15, 0.2) is 0 Å². The minimum absolute atomic E-state index is 0.152. The van der Waals surface area contributed by atoms with Crippen LogP contribution >= 0.6 is 0 Å². The highest BCUT2D eigenvalue weighted by molar-refractivity contribution is 5.76. The Morgan fingerprint density at radius 1 is 1.62 bits per heavy atom. The number of morpholine rings is 1. The second kappa shape index (κ2) is 3.66. The lowest BCUT2D eigenvalue weighted by atomic mass is 10.1. The smallest absolute Gasteiger partial charge is 0.222 e. The zero-order valence-corrected chi connectivity index (χ0v) is 8.96. The van der Waals surface area contributed by atoms with Gasteiger partial charge in [0.2, 0.25) is 5.91 Å². The summed E-state index contributed by atoms with van der Waals surface area (Å²) in [5.41, 5.74) is -0.192. The van der Waals surface area contributed by atoms with Crippen LogP contribution in [0.5, 0.6) is 0 Å². The van der Waals surface area contributed by atoms with E-state index in [9.17, 15) is 4.79 Å². The van der Waals surface area contributed by atoms with Crippen LogP contribution in [0.1, 0.15) is 34.1 Å². The van der Waals surface area contributed by atoms with E-state index in [1.807, 2.05) is 32.6 Å². The molecule has 0 bridgehead atoms. The highest BCUT2D eigenvalue weighted by Gasteiger charge is 2.32. The van der Waals surface area contributed by atoms with Gasteiger partial charge in [0.1, 0.15) is 0 Å². The van der Waals surface area contributed by atoms with E-state index in [4.69, 9.17) is 4.74 Å². The summed E-state index contributed by atoms with van der Waals surface area (Å²) in [6, 6.07) is 0. The summed E-state index contributed by atoms with van der Waals surface area (Å²) in [4.78, 5) is 13.4. The van der Waals surface area contributed by atoms with E-state index in [1.165, 1.54) is 0 Å². The predicted molar refractivity (Wildman–Crippen MR) is 51.5 cm³/mol. The summed E-state index contributed by atoms with van der Waals surface area (Å²) >= 11 is 0. The third-order valence-corrected chi connectivity index (χ3v) is 2.22. The van der Waals surface area contributed by atoms with Gasteiger partial charge in [0.05, 0.1) is 11.7 Å². The van der Waals surface area contributed by atoms with Crippen LogP contribution in [0.3, 0.4) is 0 Å². The van der Waals surface area contributed by atoms with E-state index in [2.05, 4.69) is 0 Å². The van der Waals surface area contributed by atoms with Crippen LogP contribution in [0.25, 0.3) is 0 Å². The Balaban J connectivity index is 2.62. The summed E-state index contributed by atoms with van der Waals surface area (Å²) in [5, 5.41) is 0. The lowest BCUT2D eigenvalue weighted by Crippen LogP contribution is -2.53. The summed E-state index contributed by atoms with van der Waals surface area (Å²) in [5.74, 6) is 0.225. The topological polar surface area (TPSA) is 29.5 Å². The van der Waals surface area contributed by atoms with Gasteiger partial charge in [-0.15, -0.1) is 0 Å². The molecule has 76 valence electrons. The molecule has 1 unspecified atom stereocenters. The fraction of sp³-hybridized carbons (Fsp3) is 0.900. The largest absolute Gasteiger partial charge is 0.369 e. The number of rotatable bonds is 1. The number of hydrogen-bond acceptors (Lipinski definition) is 2. The molecule has 0 spiro atoms. The predicted octanol–water partition coefficient (Wildman–Crippen LogP) is 1.42. The van der Waals surface area contributed by atoms with E-state index >= 15 is 0 Å². The first-order chi connectivity index (χ1) is 5.94. The second-order valence-corrected chi connectivity index (χ2v) is 4.32. The number of hydrogen-bond donors (Lipinski definition) is 0. The van der Waals surface area contributed by atoms with Crippen molar-refractivity contribution in [3.05, 3.63) is 0 Å². The molecule has 0 radical (unpaired) electrons. The number of amides is 1. The molecule has 3 nitrogen and oxygen atoms in total. The van der Waals surface area contributed by atoms with Gasteiger partial charge in [0.25, 0.3) is 0 Å². The number of ether oxygens (including phenoxy) is 1. The molecule has 0 aromatic carbocycles. The zero-order valence-electron chi connectivity index (χ0n) is 8.96. The Morgan fingerprint density at radius 3 is 2.69 bits per heavy atom. The Bertz CT molecular complexity index is 201. The van der Waals surface area contributed by atoms with E-state index in [0.717, 1.165) is 6.54 Å². The van der Waals surface area contributed by atoms with E-state index in [0.29, 0.717) is 13.0 Å². The normalized spacial score (nSPS) is 27.4. The van der Waals surface area contributed by atoms with Crippen molar-refractivity contribution in [3.8, 4) is 0 Å². The van der Waals surface area contributed by atoms with Gasteiger partial charge in [0.15, 0.2) is 0 Å². The summed E-state index contributed by atoms with van der Waals surface area (Å²) in [7, 11) is 0. The van der Waals surface area contributed by atoms with Gasteiger partial charge in [0, 0.05) is 19.5 Å². The maximum Gasteiger partial charge on any atom is 0.222 e. The summed E-state index contributed by atoms with van der Waals surface area (Å²) in [6.45, 7) is 9.41. The van der Waals surface area contributed by atoms with E-state index in [-0.39, 0.29) is 17.6 Å². The Kier molecular flexibility index (Phi) is 2.96. The van der Waals surface area contributed by atoms with Crippen molar-refractivity contribution < 1.29 is 9.53 Å². The SMILES string of the molecule is CCC(=O)N1CC(C)OC(C)(C)C1. The summed E-state index contributed by atoms with van der Waals surface area (Å²) < 4.78 is 5.70. The van der Waals surface area contributed by atoms with Gasteiger partial charge in [-0.25, -0.2) is 0 Å². The van der Waals surface area contributed by atoms with Crippen molar-refractivity contribution in [1.82, 2.24) is 4.90 Å². The van der Waals surface area contributed by atoms with Crippen molar-refractivity contribution in [2.45, 2.75) is 45.8 Å². The fourth-order valence-corrected chi connectivity index (χ4v) is 1.87. The van der Waals surface area contributed by atoms with Gasteiger partial charge in [-0.3, -0.25) is 4.79 Å². The maximum absolute atomic E-state index is 11.5. The first-order valence-electron chi connectivity index (χ1n) is 4.90. The molecule has 0 N–H and O–H groups in total. The highest BCUT2D eigenvalue weighted by Crippen LogP contribution is 2.20. The van der Waals surface area contributed by atoms with Gasteiger partial charge in [-0.2, -0.15) is 0 Å². The van der Waals surface area contributed by atoms with Crippen LogP contribution < -0.4 is 0 Å². The van der Waals surface area contributed by atoms with Crippen LogP contribution in [-0.4, -0.2) is 35.6 Å². The Labute approximate surface area is 80.1 Å². The molecule has 1 atom stereocenters. The fourth-order valence-electron chi connectivity index (χ4n) is 1.87. The molecule has 1 fully saturated rings. The Morgan fingerprint density at radius 2 is 2.23 bits per heavy atom. The molecule has 3 heteroatoms. The van der Waals surface area contributed by atoms with E-state index < -0.39 is 0 Å². The van der Waals surface area contributed by atoms with Crippen LogP contribution in [0, 0.1) is 0 Å². The lowest BCUT2D eigenvalue weighted by Gasteiger charge is -2.41. The Hall–Kier alpha value is -0.570. The molecule has 1 amide bonds. The average Bonchev–Trinajstić information content (AvgIpc) is 1.99. The molecule has 0 aromatic heterocycles.